The van der Waals surface area contributed by atoms with Gasteiger partial charge in [0.1, 0.15) is 0 Å². The van der Waals surface area contributed by atoms with Gasteiger partial charge in [0, 0.05) is 26.3 Å². The number of hydrogen-bond acceptors (Lipinski definition) is 4. The lowest BCUT2D eigenvalue weighted by Crippen LogP contribution is -2.34. The molecule has 0 aromatic heterocycles. The summed E-state index contributed by atoms with van der Waals surface area (Å²) in [5.74, 6) is 0. The number of hydrogen-bond donors (Lipinski definition) is 1. The molecule has 0 spiro atoms. The predicted octanol–water partition coefficient (Wildman–Crippen LogP) is 1.09. The second-order valence-electron chi connectivity index (χ2n) is 3.74. The molecule has 0 aromatic carbocycles. The summed E-state index contributed by atoms with van der Waals surface area (Å²) < 4.78 is 10.9. The summed E-state index contributed by atoms with van der Waals surface area (Å²) in [7, 11) is 2.01. The van der Waals surface area contributed by atoms with Gasteiger partial charge in [0.2, 0.25) is 0 Å². The molecule has 0 saturated heterocycles. The van der Waals surface area contributed by atoms with E-state index < -0.39 is 0 Å². The molecule has 1 atom stereocenters. The van der Waals surface area contributed by atoms with Crippen LogP contribution >= 0.6 is 0 Å². The Kier molecular flexibility index (Phi) is 9.00. The molecule has 0 saturated carbocycles. The summed E-state index contributed by atoms with van der Waals surface area (Å²) >= 11 is 0. The first-order valence-corrected chi connectivity index (χ1v) is 5.69. The second-order valence-corrected chi connectivity index (χ2v) is 3.74. The van der Waals surface area contributed by atoms with Gasteiger partial charge >= 0.3 is 0 Å². The van der Waals surface area contributed by atoms with Crippen molar-refractivity contribution in [3.8, 4) is 0 Å². The van der Waals surface area contributed by atoms with Crippen LogP contribution in [-0.4, -0.2) is 55.8 Å². The topological polar surface area (TPSA) is 41.9 Å². The van der Waals surface area contributed by atoms with Gasteiger partial charge in [-0.25, -0.2) is 0 Å². The Morgan fingerprint density at radius 2 is 1.73 bits per heavy atom. The molecule has 1 N–H and O–H groups in total. The first-order valence-electron chi connectivity index (χ1n) is 5.69. The lowest BCUT2D eigenvalue weighted by Gasteiger charge is -2.24. The van der Waals surface area contributed by atoms with Gasteiger partial charge < -0.3 is 19.5 Å². The monoisotopic (exact) mass is 219 g/mol. The van der Waals surface area contributed by atoms with Crippen molar-refractivity contribution in [1.82, 2.24) is 4.90 Å². The highest BCUT2D eigenvalue weighted by atomic mass is 16.7. The van der Waals surface area contributed by atoms with Gasteiger partial charge in [-0.15, -0.1) is 0 Å². The fourth-order valence-corrected chi connectivity index (χ4v) is 1.28. The van der Waals surface area contributed by atoms with Crippen molar-refractivity contribution in [2.45, 2.75) is 39.6 Å². The van der Waals surface area contributed by atoms with E-state index in [-0.39, 0.29) is 12.4 Å². The minimum absolute atomic E-state index is 0.154. The largest absolute Gasteiger partial charge is 0.393 e. The van der Waals surface area contributed by atoms with Crippen molar-refractivity contribution in [1.29, 1.82) is 0 Å². The molecule has 0 radical (unpaired) electrons. The van der Waals surface area contributed by atoms with Crippen molar-refractivity contribution < 1.29 is 14.6 Å². The van der Waals surface area contributed by atoms with Gasteiger partial charge in [-0.3, -0.25) is 0 Å². The van der Waals surface area contributed by atoms with Crippen LogP contribution in [0.15, 0.2) is 0 Å². The Morgan fingerprint density at radius 3 is 2.13 bits per heavy atom. The average Bonchev–Trinajstić information content (AvgIpc) is 2.15. The summed E-state index contributed by atoms with van der Waals surface area (Å²) in [6, 6.07) is 0. The molecule has 4 nitrogen and oxygen atoms in total. The van der Waals surface area contributed by atoms with Crippen molar-refractivity contribution in [2.24, 2.45) is 0 Å². The Bertz CT molecular complexity index is 136. The van der Waals surface area contributed by atoms with E-state index in [4.69, 9.17) is 14.6 Å². The molecule has 0 amide bonds. The summed E-state index contributed by atoms with van der Waals surface area (Å²) in [6.07, 6.45) is 0.380. The molecule has 0 aromatic rings. The maximum absolute atomic E-state index is 9.15. The van der Waals surface area contributed by atoms with E-state index in [1.807, 2.05) is 20.9 Å². The van der Waals surface area contributed by atoms with Crippen molar-refractivity contribution in [3.63, 3.8) is 0 Å². The van der Waals surface area contributed by atoms with E-state index in [1.54, 1.807) is 6.92 Å². The van der Waals surface area contributed by atoms with Gasteiger partial charge in [0.15, 0.2) is 6.29 Å². The molecular formula is C11H25NO3. The first kappa shape index (κ1) is 14.8. The summed E-state index contributed by atoms with van der Waals surface area (Å²) in [5, 5.41) is 9.15. The molecule has 15 heavy (non-hydrogen) atoms. The minimum Gasteiger partial charge on any atom is -0.393 e. The highest BCUT2D eigenvalue weighted by Gasteiger charge is 2.11. The maximum Gasteiger partial charge on any atom is 0.170 e. The maximum atomic E-state index is 9.15. The zero-order valence-corrected chi connectivity index (χ0v) is 10.4. The molecule has 0 bridgehead atoms. The minimum atomic E-state index is -0.245. The molecule has 1 unspecified atom stereocenters. The van der Waals surface area contributed by atoms with E-state index in [9.17, 15) is 0 Å². The quantitative estimate of drug-likeness (QED) is 0.589. The van der Waals surface area contributed by atoms with Crippen molar-refractivity contribution in [2.75, 3.05) is 33.4 Å². The van der Waals surface area contributed by atoms with Gasteiger partial charge in [-0.05, 0) is 34.2 Å². The Hall–Kier alpha value is -0.160. The number of ether oxygens (including phenoxy) is 2. The fraction of sp³-hybridized carbons (Fsp3) is 1.00. The van der Waals surface area contributed by atoms with Gasteiger partial charge in [-0.2, -0.15) is 0 Å². The molecule has 4 heteroatoms. The number of aliphatic hydroxyl groups excluding tert-OH is 1. The Balaban J connectivity index is 3.72. The molecular weight excluding hydrogens is 194 g/mol. The molecule has 0 aliphatic rings. The van der Waals surface area contributed by atoms with Gasteiger partial charge in [0.25, 0.3) is 0 Å². The van der Waals surface area contributed by atoms with Crippen LogP contribution in [0.25, 0.3) is 0 Å². The molecule has 92 valence electrons. The van der Waals surface area contributed by atoms with E-state index in [0.29, 0.717) is 13.2 Å². The summed E-state index contributed by atoms with van der Waals surface area (Å²) in [5.41, 5.74) is 0. The van der Waals surface area contributed by atoms with Crippen LogP contribution in [0.1, 0.15) is 27.2 Å². The van der Waals surface area contributed by atoms with Crippen molar-refractivity contribution >= 4 is 0 Å². The standard InChI is InChI=1S/C11H25NO3/c1-5-14-11(15-6-2)9-12(4)8-7-10(3)13/h10-11,13H,5-9H2,1-4H3. The SMILES string of the molecule is CCOC(CN(C)CCC(C)O)OCC. The van der Waals surface area contributed by atoms with Crippen LogP contribution in [0.4, 0.5) is 0 Å². The van der Waals surface area contributed by atoms with E-state index in [2.05, 4.69) is 4.90 Å². The molecule has 0 rings (SSSR count). The average molecular weight is 219 g/mol. The smallest absolute Gasteiger partial charge is 0.170 e. The third-order valence-electron chi connectivity index (χ3n) is 2.09. The highest BCUT2D eigenvalue weighted by molar-refractivity contribution is 4.57. The van der Waals surface area contributed by atoms with Crippen LogP contribution in [0.3, 0.4) is 0 Å². The van der Waals surface area contributed by atoms with Crippen LogP contribution in [0.5, 0.6) is 0 Å². The normalized spacial score (nSPS) is 13.8. The van der Waals surface area contributed by atoms with E-state index >= 15 is 0 Å². The van der Waals surface area contributed by atoms with Crippen LogP contribution < -0.4 is 0 Å². The van der Waals surface area contributed by atoms with E-state index in [0.717, 1.165) is 19.5 Å². The zero-order valence-electron chi connectivity index (χ0n) is 10.4. The zero-order chi connectivity index (χ0) is 11.7. The van der Waals surface area contributed by atoms with Crippen LogP contribution in [0.2, 0.25) is 0 Å². The molecule has 0 aliphatic heterocycles. The third kappa shape index (κ3) is 8.81. The van der Waals surface area contributed by atoms with Crippen LogP contribution in [0, 0.1) is 0 Å². The molecule has 0 heterocycles. The number of aliphatic hydroxyl groups is 1. The number of nitrogens with zero attached hydrogens (tertiary/aromatic N) is 1. The third-order valence-corrected chi connectivity index (χ3v) is 2.09. The number of likely N-dealkylation sites (N-methyl/N-ethyl adjacent to an activating group) is 1. The number of rotatable bonds is 9. The van der Waals surface area contributed by atoms with E-state index in [1.165, 1.54) is 0 Å². The predicted molar refractivity (Wildman–Crippen MR) is 60.8 cm³/mol. The fourth-order valence-electron chi connectivity index (χ4n) is 1.28. The molecule has 0 fully saturated rings. The van der Waals surface area contributed by atoms with Gasteiger partial charge in [-0.1, -0.05) is 0 Å². The second kappa shape index (κ2) is 9.09. The molecule has 0 aliphatic carbocycles. The Labute approximate surface area is 93.2 Å². The van der Waals surface area contributed by atoms with Crippen molar-refractivity contribution in [3.05, 3.63) is 0 Å². The summed E-state index contributed by atoms with van der Waals surface area (Å²) in [4.78, 5) is 2.11. The van der Waals surface area contributed by atoms with Crippen LogP contribution in [-0.2, 0) is 9.47 Å². The first-order chi connectivity index (χ1) is 7.10. The Morgan fingerprint density at radius 1 is 1.20 bits per heavy atom. The lowest BCUT2D eigenvalue weighted by atomic mass is 10.3. The highest BCUT2D eigenvalue weighted by Crippen LogP contribution is 2.00. The van der Waals surface area contributed by atoms with Gasteiger partial charge in [0.05, 0.1) is 6.10 Å². The summed E-state index contributed by atoms with van der Waals surface area (Å²) in [6.45, 7) is 8.65. The lowest BCUT2D eigenvalue weighted by molar-refractivity contribution is -0.145.